The van der Waals surface area contributed by atoms with E-state index in [4.69, 9.17) is 5.73 Å². The molecule has 1 aromatic heterocycles. The number of alkyl halides is 3. The third kappa shape index (κ3) is 4.63. The first-order valence-electron chi connectivity index (χ1n) is 9.74. The standard InChI is InChI=1S/C21H24F4N4O2/c1-4-16(21(23,24)25)15(5-11(2)22)13-7-14-9-29(10-20(14,26)8-13)19-27-12(3)6-17(28-19)18(30)31/h4-6,13-14H,1,7-10,26H2,2-3H3,(H,30,31)/b11-5+,16-15-/t13-,14-,20-/m0/s1. The highest BCUT2D eigenvalue weighted by Crippen LogP contribution is 2.48. The number of nitrogens with zero attached hydrogens (tertiary/aromatic N) is 3. The van der Waals surface area contributed by atoms with Gasteiger partial charge in [-0.15, -0.1) is 0 Å². The molecule has 3 rings (SSSR count). The maximum absolute atomic E-state index is 13.6. The molecule has 3 N–H and O–H groups in total. The van der Waals surface area contributed by atoms with E-state index >= 15 is 0 Å². The van der Waals surface area contributed by atoms with E-state index in [1.54, 1.807) is 11.8 Å². The summed E-state index contributed by atoms with van der Waals surface area (Å²) in [5.74, 6) is -2.44. The molecule has 1 aromatic rings. The number of aryl methyl sites for hydroxylation is 1. The van der Waals surface area contributed by atoms with E-state index in [0.717, 1.165) is 13.0 Å². The highest BCUT2D eigenvalue weighted by molar-refractivity contribution is 5.85. The Labute approximate surface area is 177 Å². The molecule has 2 fully saturated rings. The summed E-state index contributed by atoms with van der Waals surface area (Å²) < 4.78 is 54.1. The molecule has 1 aliphatic heterocycles. The number of hydrogen-bond acceptors (Lipinski definition) is 5. The summed E-state index contributed by atoms with van der Waals surface area (Å²) in [5.41, 5.74) is 4.99. The lowest BCUT2D eigenvalue weighted by Gasteiger charge is -2.25. The van der Waals surface area contributed by atoms with E-state index in [2.05, 4.69) is 16.5 Å². The van der Waals surface area contributed by atoms with Gasteiger partial charge in [-0.25, -0.2) is 19.2 Å². The second-order valence-corrected chi connectivity index (χ2v) is 8.25. The zero-order chi connectivity index (χ0) is 23.1. The van der Waals surface area contributed by atoms with Gasteiger partial charge in [0.1, 0.15) is 0 Å². The van der Waals surface area contributed by atoms with Crippen LogP contribution >= 0.6 is 0 Å². The summed E-state index contributed by atoms with van der Waals surface area (Å²) in [5, 5.41) is 9.22. The Bertz CT molecular complexity index is 969. The number of carboxylic acids is 1. The summed E-state index contributed by atoms with van der Waals surface area (Å²) in [7, 11) is 0. The van der Waals surface area contributed by atoms with Crippen LogP contribution in [0.25, 0.3) is 0 Å². The van der Waals surface area contributed by atoms with Crippen LogP contribution in [0.15, 0.2) is 41.8 Å². The minimum Gasteiger partial charge on any atom is -0.477 e. The highest BCUT2D eigenvalue weighted by atomic mass is 19.4. The number of carboxylic acid groups (broad SMARTS) is 1. The number of nitrogens with two attached hydrogens (primary N) is 1. The van der Waals surface area contributed by atoms with Gasteiger partial charge in [-0.3, -0.25) is 0 Å². The average Bonchev–Trinajstić information content (AvgIpc) is 3.11. The largest absolute Gasteiger partial charge is 0.477 e. The fourth-order valence-corrected chi connectivity index (χ4v) is 4.64. The number of carbonyl (C=O) groups is 1. The van der Waals surface area contributed by atoms with E-state index < -0.39 is 35.0 Å². The van der Waals surface area contributed by atoms with Gasteiger partial charge in [0.15, 0.2) is 5.69 Å². The first-order chi connectivity index (χ1) is 14.3. The molecule has 6 nitrogen and oxygen atoms in total. The van der Waals surface area contributed by atoms with Crippen molar-refractivity contribution in [3.05, 3.63) is 53.2 Å². The van der Waals surface area contributed by atoms with Gasteiger partial charge in [-0.1, -0.05) is 12.7 Å². The van der Waals surface area contributed by atoms with Crippen LogP contribution < -0.4 is 10.6 Å². The lowest BCUT2D eigenvalue weighted by Crippen LogP contribution is -2.44. The Morgan fingerprint density at radius 2 is 2.10 bits per heavy atom. The van der Waals surface area contributed by atoms with Crippen LogP contribution in [0.5, 0.6) is 0 Å². The van der Waals surface area contributed by atoms with E-state index in [-0.39, 0.29) is 36.1 Å². The molecule has 0 amide bonds. The molecule has 2 aliphatic rings. The lowest BCUT2D eigenvalue weighted by atomic mass is 9.89. The normalized spacial score (nSPS) is 27.2. The van der Waals surface area contributed by atoms with Gasteiger partial charge in [0.2, 0.25) is 5.95 Å². The number of anilines is 1. The summed E-state index contributed by atoms with van der Waals surface area (Å²) in [4.78, 5) is 21.4. The van der Waals surface area contributed by atoms with Gasteiger partial charge < -0.3 is 15.7 Å². The fourth-order valence-electron chi connectivity index (χ4n) is 4.64. The van der Waals surface area contributed by atoms with Crippen LogP contribution in [-0.2, 0) is 0 Å². The maximum Gasteiger partial charge on any atom is 0.416 e. The summed E-state index contributed by atoms with van der Waals surface area (Å²) in [6.07, 6.45) is -2.47. The van der Waals surface area contributed by atoms with Crippen molar-refractivity contribution < 1.29 is 27.5 Å². The van der Waals surface area contributed by atoms with Crippen molar-refractivity contribution in [1.29, 1.82) is 0 Å². The summed E-state index contributed by atoms with van der Waals surface area (Å²) >= 11 is 0. The number of aromatic carboxylic acids is 1. The van der Waals surface area contributed by atoms with Crippen molar-refractivity contribution in [1.82, 2.24) is 9.97 Å². The molecule has 10 heteroatoms. The van der Waals surface area contributed by atoms with Gasteiger partial charge in [0.25, 0.3) is 0 Å². The average molecular weight is 440 g/mol. The van der Waals surface area contributed by atoms with Crippen LogP contribution in [0, 0.1) is 18.8 Å². The van der Waals surface area contributed by atoms with Gasteiger partial charge in [-0.2, -0.15) is 13.2 Å². The Kier molecular flexibility index (Phi) is 5.96. The molecule has 0 unspecified atom stereocenters. The Balaban J connectivity index is 1.89. The first kappa shape index (κ1) is 22.9. The Morgan fingerprint density at radius 3 is 2.61 bits per heavy atom. The van der Waals surface area contributed by atoms with Gasteiger partial charge in [0.05, 0.1) is 11.4 Å². The van der Waals surface area contributed by atoms with E-state index in [1.165, 1.54) is 6.07 Å². The topological polar surface area (TPSA) is 92.3 Å². The molecule has 3 atom stereocenters. The van der Waals surface area contributed by atoms with Crippen molar-refractivity contribution in [3.8, 4) is 0 Å². The lowest BCUT2D eigenvalue weighted by molar-refractivity contribution is -0.0892. The third-order valence-corrected chi connectivity index (χ3v) is 5.89. The maximum atomic E-state index is 13.6. The predicted molar refractivity (Wildman–Crippen MR) is 107 cm³/mol. The van der Waals surface area contributed by atoms with Crippen molar-refractivity contribution in [2.45, 2.75) is 38.4 Å². The molecule has 0 radical (unpaired) electrons. The number of aromatic nitrogens is 2. The molecule has 1 saturated carbocycles. The van der Waals surface area contributed by atoms with Gasteiger partial charge in [-0.05, 0) is 56.2 Å². The number of rotatable bonds is 5. The van der Waals surface area contributed by atoms with Crippen molar-refractivity contribution in [2.24, 2.45) is 17.6 Å². The number of hydrogen-bond donors (Lipinski definition) is 2. The van der Waals surface area contributed by atoms with Crippen LogP contribution in [0.3, 0.4) is 0 Å². The molecule has 0 spiro atoms. The predicted octanol–water partition coefficient (Wildman–Crippen LogP) is 3.95. The molecule has 31 heavy (non-hydrogen) atoms. The summed E-state index contributed by atoms with van der Waals surface area (Å²) in [6.45, 7) is 6.65. The van der Waals surface area contributed by atoms with Gasteiger partial charge >= 0.3 is 12.1 Å². The first-order valence-corrected chi connectivity index (χ1v) is 9.74. The van der Waals surface area contributed by atoms with Gasteiger partial charge in [0, 0.05) is 24.3 Å². The molecule has 1 saturated heterocycles. The molecular weight excluding hydrogens is 416 g/mol. The van der Waals surface area contributed by atoms with Crippen LogP contribution in [0.2, 0.25) is 0 Å². The monoisotopic (exact) mass is 440 g/mol. The smallest absolute Gasteiger partial charge is 0.416 e. The number of allylic oxidation sites excluding steroid dienone is 5. The van der Waals surface area contributed by atoms with E-state index in [0.29, 0.717) is 24.7 Å². The Hall–Kier alpha value is -2.75. The quantitative estimate of drug-likeness (QED) is 0.532. The van der Waals surface area contributed by atoms with E-state index in [1.807, 2.05) is 0 Å². The van der Waals surface area contributed by atoms with Crippen LogP contribution in [-0.4, -0.2) is 45.8 Å². The molecule has 0 aromatic carbocycles. The second-order valence-electron chi connectivity index (χ2n) is 8.25. The number of halogens is 4. The second kappa shape index (κ2) is 8.07. The zero-order valence-corrected chi connectivity index (χ0v) is 17.2. The van der Waals surface area contributed by atoms with Crippen molar-refractivity contribution in [2.75, 3.05) is 18.0 Å². The molecule has 1 aliphatic carbocycles. The minimum atomic E-state index is -4.66. The highest BCUT2D eigenvalue weighted by Gasteiger charge is 2.52. The molecular formula is C21H24F4N4O2. The number of fused-ring (bicyclic) bond motifs is 1. The third-order valence-electron chi connectivity index (χ3n) is 5.89. The summed E-state index contributed by atoms with van der Waals surface area (Å²) in [6, 6.07) is 1.35. The van der Waals surface area contributed by atoms with Crippen LogP contribution in [0.4, 0.5) is 23.5 Å². The fraction of sp³-hybridized carbons (Fsp3) is 0.476. The Morgan fingerprint density at radius 1 is 1.42 bits per heavy atom. The van der Waals surface area contributed by atoms with Crippen molar-refractivity contribution >= 4 is 11.9 Å². The van der Waals surface area contributed by atoms with E-state index in [9.17, 15) is 27.5 Å². The molecule has 2 heterocycles. The van der Waals surface area contributed by atoms with Crippen LogP contribution in [0.1, 0.15) is 35.9 Å². The molecule has 168 valence electrons. The SMILES string of the molecule is C=C/C(=C(\C=C(/C)F)[C@H]1C[C@H]2CN(c3nc(C)cc(C(=O)O)n3)C[C@@]2(N)C1)C(F)(F)F. The molecule has 0 bridgehead atoms. The van der Waals surface area contributed by atoms with Crippen molar-refractivity contribution in [3.63, 3.8) is 0 Å². The minimum absolute atomic E-state index is 0.141. The zero-order valence-electron chi connectivity index (χ0n) is 17.2.